The van der Waals surface area contributed by atoms with Crippen LogP contribution >= 0.6 is 12.4 Å². The maximum absolute atomic E-state index is 12.5. The molecule has 2 atom stereocenters. The third-order valence-electron chi connectivity index (χ3n) is 4.46. The number of nitrogens with zero attached hydrogens (tertiary/aromatic N) is 3. The van der Waals surface area contributed by atoms with Crippen LogP contribution in [-0.2, 0) is 18.3 Å². The van der Waals surface area contributed by atoms with Gasteiger partial charge in [0.15, 0.2) is 0 Å². The Hall–Kier alpha value is -1.07. The van der Waals surface area contributed by atoms with Gasteiger partial charge in [-0.3, -0.25) is 9.48 Å². The van der Waals surface area contributed by atoms with E-state index in [0.29, 0.717) is 24.4 Å². The average molecular weight is 299 g/mol. The van der Waals surface area contributed by atoms with Crippen LogP contribution in [0.5, 0.6) is 0 Å². The normalized spacial score (nSPS) is 25.1. The third-order valence-corrected chi connectivity index (χ3v) is 4.46. The molecule has 3 heterocycles. The van der Waals surface area contributed by atoms with Gasteiger partial charge in [-0.2, -0.15) is 5.10 Å². The van der Waals surface area contributed by atoms with Gasteiger partial charge in [0.05, 0.1) is 0 Å². The van der Waals surface area contributed by atoms with E-state index in [1.807, 2.05) is 17.8 Å². The molecule has 3 rings (SSSR count). The molecule has 1 aromatic heterocycles. The van der Waals surface area contributed by atoms with Crippen LogP contribution in [0.4, 0.5) is 0 Å². The van der Waals surface area contributed by atoms with Crippen molar-refractivity contribution in [3.63, 3.8) is 0 Å². The van der Waals surface area contributed by atoms with E-state index in [0.717, 1.165) is 38.0 Å². The maximum Gasteiger partial charge on any atom is 0.223 e. The highest BCUT2D eigenvalue weighted by Crippen LogP contribution is 2.28. The number of nitrogens with one attached hydrogen (secondary N) is 1. The lowest BCUT2D eigenvalue weighted by Gasteiger charge is -2.28. The summed E-state index contributed by atoms with van der Waals surface area (Å²) >= 11 is 0. The Balaban J connectivity index is 0.00000147. The van der Waals surface area contributed by atoms with Crippen molar-refractivity contribution in [2.45, 2.75) is 44.2 Å². The number of hydrogen-bond acceptors (Lipinski definition) is 3. The Morgan fingerprint density at radius 1 is 1.40 bits per heavy atom. The minimum Gasteiger partial charge on any atom is -0.335 e. The van der Waals surface area contributed by atoms with Gasteiger partial charge in [0.2, 0.25) is 5.91 Å². The highest BCUT2D eigenvalue weighted by Gasteiger charge is 2.37. The van der Waals surface area contributed by atoms with E-state index < -0.39 is 0 Å². The second kappa shape index (κ2) is 6.59. The van der Waals surface area contributed by atoms with Crippen LogP contribution in [0, 0.1) is 0 Å². The van der Waals surface area contributed by atoms with Crippen LogP contribution in [0.1, 0.15) is 31.4 Å². The standard InChI is InChI=1S/C14H22N4O.ClH/c1-17-11(7-9-16-17)4-5-14(19)18-12-2-3-13(18)10-15-8-6-12;/h7,9,12-13,15H,2-6,8,10H2,1H3;1H/t12-,13+;/m1./s1. The minimum atomic E-state index is 0. The summed E-state index contributed by atoms with van der Waals surface area (Å²) in [7, 11) is 1.93. The molecule has 1 aromatic rings. The quantitative estimate of drug-likeness (QED) is 0.910. The first kappa shape index (κ1) is 15.3. The number of amides is 1. The zero-order chi connectivity index (χ0) is 13.2. The predicted molar refractivity (Wildman–Crippen MR) is 79.9 cm³/mol. The lowest BCUT2D eigenvalue weighted by molar-refractivity contribution is -0.133. The van der Waals surface area contributed by atoms with Crippen LogP contribution in [0.3, 0.4) is 0 Å². The van der Waals surface area contributed by atoms with Crippen LogP contribution in [0.2, 0.25) is 0 Å². The Morgan fingerprint density at radius 2 is 2.20 bits per heavy atom. The fourth-order valence-electron chi connectivity index (χ4n) is 3.40. The number of rotatable bonds is 3. The van der Waals surface area contributed by atoms with E-state index >= 15 is 0 Å². The molecular weight excluding hydrogens is 276 g/mol. The molecule has 2 saturated heterocycles. The van der Waals surface area contributed by atoms with Crippen molar-refractivity contribution in [2.75, 3.05) is 13.1 Å². The van der Waals surface area contributed by atoms with Gasteiger partial charge in [-0.05, 0) is 38.3 Å². The molecule has 2 bridgehead atoms. The fourth-order valence-corrected chi connectivity index (χ4v) is 3.40. The van der Waals surface area contributed by atoms with Crippen molar-refractivity contribution in [3.8, 4) is 0 Å². The van der Waals surface area contributed by atoms with Crippen molar-refractivity contribution in [1.82, 2.24) is 20.0 Å². The van der Waals surface area contributed by atoms with Gasteiger partial charge >= 0.3 is 0 Å². The molecule has 0 aromatic carbocycles. The van der Waals surface area contributed by atoms with Crippen molar-refractivity contribution in [3.05, 3.63) is 18.0 Å². The molecule has 112 valence electrons. The molecule has 2 aliphatic rings. The number of carbonyl (C=O) groups is 1. The molecule has 0 aliphatic carbocycles. The number of fused-ring (bicyclic) bond motifs is 2. The molecule has 20 heavy (non-hydrogen) atoms. The number of aromatic nitrogens is 2. The molecule has 2 fully saturated rings. The van der Waals surface area contributed by atoms with E-state index in [1.165, 1.54) is 6.42 Å². The summed E-state index contributed by atoms with van der Waals surface area (Å²) < 4.78 is 1.85. The Morgan fingerprint density at radius 3 is 2.95 bits per heavy atom. The summed E-state index contributed by atoms with van der Waals surface area (Å²) in [6, 6.07) is 2.89. The number of aryl methyl sites for hydroxylation is 2. The first-order valence-corrected chi connectivity index (χ1v) is 7.24. The second-order valence-electron chi connectivity index (χ2n) is 5.62. The second-order valence-corrected chi connectivity index (χ2v) is 5.62. The smallest absolute Gasteiger partial charge is 0.223 e. The van der Waals surface area contributed by atoms with Crippen molar-refractivity contribution < 1.29 is 4.79 Å². The van der Waals surface area contributed by atoms with E-state index in [2.05, 4.69) is 15.3 Å². The largest absolute Gasteiger partial charge is 0.335 e. The molecule has 2 aliphatic heterocycles. The number of hydrogen-bond donors (Lipinski definition) is 1. The zero-order valence-corrected chi connectivity index (χ0v) is 12.7. The zero-order valence-electron chi connectivity index (χ0n) is 11.9. The molecule has 1 amide bonds. The predicted octanol–water partition coefficient (Wildman–Crippen LogP) is 1.13. The van der Waals surface area contributed by atoms with Crippen molar-refractivity contribution in [1.29, 1.82) is 0 Å². The van der Waals surface area contributed by atoms with Gasteiger partial charge in [-0.25, -0.2) is 0 Å². The van der Waals surface area contributed by atoms with Crippen molar-refractivity contribution >= 4 is 18.3 Å². The van der Waals surface area contributed by atoms with Crippen LogP contribution < -0.4 is 5.32 Å². The fraction of sp³-hybridized carbons (Fsp3) is 0.714. The van der Waals surface area contributed by atoms with Crippen LogP contribution in [-0.4, -0.2) is 45.8 Å². The molecule has 6 heteroatoms. The summed E-state index contributed by atoms with van der Waals surface area (Å²) in [6.45, 7) is 2.01. The first-order valence-electron chi connectivity index (χ1n) is 7.24. The summed E-state index contributed by atoms with van der Waals surface area (Å²) in [4.78, 5) is 14.6. The topological polar surface area (TPSA) is 50.2 Å². The van der Waals surface area contributed by atoms with Gasteiger partial charge in [0, 0.05) is 44.0 Å². The van der Waals surface area contributed by atoms with E-state index in [1.54, 1.807) is 6.20 Å². The Labute approximate surface area is 126 Å². The summed E-state index contributed by atoms with van der Waals surface area (Å²) in [5.74, 6) is 0.317. The maximum atomic E-state index is 12.5. The highest BCUT2D eigenvalue weighted by atomic mass is 35.5. The van der Waals surface area contributed by atoms with E-state index in [9.17, 15) is 4.79 Å². The van der Waals surface area contributed by atoms with Gasteiger partial charge < -0.3 is 10.2 Å². The monoisotopic (exact) mass is 298 g/mol. The first-order chi connectivity index (χ1) is 9.25. The lowest BCUT2D eigenvalue weighted by atomic mass is 10.1. The number of carbonyl (C=O) groups excluding carboxylic acids is 1. The van der Waals surface area contributed by atoms with E-state index in [-0.39, 0.29) is 12.4 Å². The highest BCUT2D eigenvalue weighted by molar-refractivity contribution is 5.85. The Bertz CT molecular complexity index is 448. The molecule has 0 spiro atoms. The third kappa shape index (κ3) is 2.99. The van der Waals surface area contributed by atoms with Gasteiger partial charge in [-0.1, -0.05) is 0 Å². The minimum absolute atomic E-state index is 0. The molecule has 0 saturated carbocycles. The van der Waals surface area contributed by atoms with Gasteiger partial charge in [0.25, 0.3) is 0 Å². The SMILES string of the molecule is Cl.Cn1nccc1CCC(=O)N1[C@H]2CCNC[C@@H]1CC2. The van der Waals surface area contributed by atoms with Crippen LogP contribution in [0.15, 0.2) is 12.3 Å². The summed E-state index contributed by atoms with van der Waals surface area (Å²) in [5.41, 5.74) is 1.13. The molecule has 0 unspecified atom stereocenters. The van der Waals surface area contributed by atoms with Crippen molar-refractivity contribution in [2.24, 2.45) is 7.05 Å². The lowest BCUT2D eigenvalue weighted by Crippen LogP contribution is -2.42. The molecule has 0 radical (unpaired) electrons. The average Bonchev–Trinajstić information content (AvgIpc) is 2.89. The molecular formula is C14H23ClN4O. The van der Waals surface area contributed by atoms with Gasteiger partial charge in [-0.15, -0.1) is 12.4 Å². The van der Waals surface area contributed by atoms with Crippen LogP contribution in [0.25, 0.3) is 0 Å². The molecule has 1 N–H and O–H groups in total. The molecule has 5 nitrogen and oxygen atoms in total. The summed E-state index contributed by atoms with van der Waals surface area (Å²) in [5, 5.41) is 7.58. The Kier molecular flexibility index (Phi) is 5.05. The number of halogens is 1. The van der Waals surface area contributed by atoms with E-state index in [4.69, 9.17) is 0 Å². The summed E-state index contributed by atoms with van der Waals surface area (Å²) in [6.07, 6.45) is 6.64. The van der Waals surface area contributed by atoms with Gasteiger partial charge in [0.1, 0.15) is 0 Å².